The molecule has 0 saturated heterocycles. The molecular weight excluding hydrogens is 150 g/mol. The Morgan fingerprint density at radius 1 is 1.33 bits per heavy atom. The van der Waals surface area contributed by atoms with Crippen molar-refractivity contribution in [3.05, 3.63) is 42.1 Å². The van der Waals surface area contributed by atoms with E-state index in [2.05, 4.69) is 0 Å². The molecule has 1 aromatic rings. The first-order valence-corrected chi connectivity index (χ1v) is 3.67. The molecule has 0 fully saturated rings. The Bertz CT molecular complexity index is 266. The van der Waals surface area contributed by atoms with Gasteiger partial charge in [0.25, 0.3) is 0 Å². The summed E-state index contributed by atoms with van der Waals surface area (Å²) in [6.07, 6.45) is 5.25. The van der Waals surface area contributed by atoms with Crippen LogP contribution in [0.4, 0.5) is 0 Å². The molecule has 2 heteroatoms. The van der Waals surface area contributed by atoms with E-state index in [1.165, 1.54) is 4.90 Å². The average Bonchev–Trinajstić information content (AvgIpc) is 2.16. The van der Waals surface area contributed by atoms with Crippen molar-refractivity contribution in [2.75, 3.05) is 7.05 Å². The molecule has 0 spiro atoms. The number of rotatable bonds is 3. The molecule has 0 bridgehead atoms. The Morgan fingerprint density at radius 3 is 2.58 bits per heavy atom. The van der Waals surface area contributed by atoms with Crippen molar-refractivity contribution in [2.45, 2.75) is 0 Å². The van der Waals surface area contributed by atoms with Crippen molar-refractivity contribution in [3.63, 3.8) is 0 Å². The van der Waals surface area contributed by atoms with Crippen molar-refractivity contribution >= 4 is 12.5 Å². The molecule has 0 aliphatic rings. The first-order valence-electron chi connectivity index (χ1n) is 3.67. The number of carbonyl (C=O) groups excluding carboxylic acids is 1. The molecule has 12 heavy (non-hydrogen) atoms. The molecule has 1 amide bonds. The van der Waals surface area contributed by atoms with Crippen LogP contribution in [0.15, 0.2) is 36.5 Å². The summed E-state index contributed by atoms with van der Waals surface area (Å²) in [5, 5.41) is 0. The zero-order chi connectivity index (χ0) is 8.81. The highest BCUT2D eigenvalue weighted by atomic mass is 16.1. The summed E-state index contributed by atoms with van der Waals surface area (Å²) in [6, 6.07) is 9.78. The minimum absolute atomic E-state index is 1.07. The quantitative estimate of drug-likeness (QED) is 0.616. The van der Waals surface area contributed by atoms with Crippen LogP contribution in [0.2, 0.25) is 0 Å². The Labute approximate surface area is 72.1 Å². The lowest BCUT2D eigenvalue weighted by molar-refractivity contribution is 0.500. The second-order valence-corrected chi connectivity index (χ2v) is 2.43. The molecule has 61 valence electrons. The third-order valence-electron chi connectivity index (χ3n) is 1.43. The molecule has 0 heterocycles. The van der Waals surface area contributed by atoms with Crippen molar-refractivity contribution < 1.29 is 4.79 Å². The number of nitrogens with zero attached hydrogens (tertiary/aromatic N) is 1. The van der Waals surface area contributed by atoms with Gasteiger partial charge in [-0.15, -0.1) is 0 Å². The summed E-state index contributed by atoms with van der Waals surface area (Å²) in [7, 11) is 1.65. The topological polar surface area (TPSA) is 20.3 Å². The smallest absolute Gasteiger partial charge is 0.314 e. The maximum absolute atomic E-state index is 10.1. The van der Waals surface area contributed by atoms with E-state index in [-0.39, 0.29) is 0 Å². The molecule has 0 saturated carbocycles. The van der Waals surface area contributed by atoms with Crippen LogP contribution < -0.4 is 0 Å². The van der Waals surface area contributed by atoms with Gasteiger partial charge >= 0.3 is 6.41 Å². The van der Waals surface area contributed by atoms with Gasteiger partial charge in [0.1, 0.15) is 0 Å². The molecule has 0 atom stereocenters. The third-order valence-corrected chi connectivity index (χ3v) is 1.43. The summed E-state index contributed by atoms with van der Waals surface area (Å²) in [5.74, 6) is 0. The molecule has 0 aliphatic carbocycles. The van der Waals surface area contributed by atoms with E-state index < -0.39 is 0 Å². The molecule has 0 aromatic heterocycles. The van der Waals surface area contributed by atoms with Crippen LogP contribution >= 0.6 is 0 Å². The molecule has 1 aromatic carbocycles. The number of benzene rings is 1. The first-order chi connectivity index (χ1) is 5.83. The fourth-order valence-corrected chi connectivity index (χ4v) is 0.792. The SMILES string of the molecule is CN([C]=O)C=Cc1ccccc1. The van der Waals surface area contributed by atoms with Gasteiger partial charge in [0.05, 0.1) is 0 Å². The van der Waals surface area contributed by atoms with Crippen LogP contribution in [-0.2, 0) is 4.79 Å². The van der Waals surface area contributed by atoms with E-state index in [1.54, 1.807) is 19.7 Å². The summed E-state index contributed by atoms with van der Waals surface area (Å²) in [6.45, 7) is 0. The average molecular weight is 160 g/mol. The molecule has 1 radical (unpaired) electrons. The summed E-state index contributed by atoms with van der Waals surface area (Å²) in [5.41, 5.74) is 1.07. The minimum atomic E-state index is 1.07. The van der Waals surface area contributed by atoms with Gasteiger partial charge in [-0.3, -0.25) is 4.79 Å². The van der Waals surface area contributed by atoms with Crippen molar-refractivity contribution in [1.82, 2.24) is 4.90 Å². The third kappa shape index (κ3) is 2.58. The van der Waals surface area contributed by atoms with Gasteiger partial charge in [0, 0.05) is 13.2 Å². The van der Waals surface area contributed by atoms with E-state index in [0.29, 0.717) is 0 Å². The highest BCUT2D eigenvalue weighted by molar-refractivity contribution is 5.55. The standard InChI is InChI=1S/C10H10NO/c1-11(9-12)8-7-10-5-3-2-4-6-10/h2-8H,1H3. The van der Waals surface area contributed by atoms with E-state index in [4.69, 9.17) is 0 Å². The van der Waals surface area contributed by atoms with Crippen LogP contribution in [0, 0.1) is 0 Å². The molecule has 1 rings (SSSR count). The van der Waals surface area contributed by atoms with Gasteiger partial charge in [-0.25, -0.2) is 0 Å². The lowest BCUT2D eigenvalue weighted by Crippen LogP contribution is -2.05. The van der Waals surface area contributed by atoms with Crippen LogP contribution in [0.5, 0.6) is 0 Å². The molecule has 0 unspecified atom stereocenters. The van der Waals surface area contributed by atoms with E-state index in [1.807, 2.05) is 36.4 Å². The van der Waals surface area contributed by atoms with Gasteiger partial charge in [0.15, 0.2) is 0 Å². The predicted molar refractivity (Wildman–Crippen MR) is 48.9 cm³/mol. The lowest BCUT2D eigenvalue weighted by atomic mass is 10.2. The predicted octanol–water partition coefficient (Wildman–Crippen LogP) is 1.66. The van der Waals surface area contributed by atoms with Gasteiger partial charge in [0.2, 0.25) is 0 Å². The number of hydrogen-bond acceptors (Lipinski definition) is 1. The summed E-state index contributed by atoms with van der Waals surface area (Å²) < 4.78 is 0. The van der Waals surface area contributed by atoms with Crippen molar-refractivity contribution in [2.24, 2.45) is 0 Å². The largest absolute Gasteiger partial charge is 0.316 e. The van der Waals surface area contributed by atoms with Gasteiger partial charge in [-0.05, 0) is 11.6 Å². The fraction of sp³-hybridized carbons (Fsp3) is 0.100. The monoisotopic (exact) mass is 160 g/mol. The van der Waals surface area contributed by atoms with Crippen molar-refractivity contribution in [1.29, 1.82) is 0 Å². The Balaban J connectivity index is 2.63. The Kier molecular flexibility index (Phi) is 3.08. The zero-order valence-electron chi connectivity index (χ0n) is 6.90. The van der Waals surface area contributed by atoms with Crippen LogP contribution in [0.25, 0.3) is 6.08 Å². The first kappa shape index (κ1) is 8.53. The normalized spacial score (nSPS) is 10.1. The summed E-state index contributed by atoms with van der Waals surface area (Å²) >= 11 is 0. The highest BCUT2D eigenvalue weighted by Gasteiger charge is 1.86. The van der Waals surface area contributed by atoms with Gasteiger partial charge in [-0.1, -0.05) is 30.3 Å². The second-order valence-electron chi connectivity index (χ2n) is 2.43. The van der Waals surface area contributed by atoms with E-state index in [0.717, 1.165) is 5.56 Å². The van der Waals surface area contributed by atoms with Crippen LogP contribution in [0.1, 0.15) is 5.56 Å². The van der Waals surface area contributed by atoms with Crippen LogP contribution in [-0.4, -0.2) is 18.4 Å². The molecule has 0 N–H and O–H groups in total. The number of amides is 1. The maximum Gasteiger partial charge on any atom is 0.316 e. The van der Waals surface area contributed by atoms with Gasteiger partial charge < -0.3 is 4.90 Å². The van der Waals surface area contributed by atoms with Gasteiger partial charge in [-0.2, -0.15) is 0 Å². The Hall–Kier alpha value is -1.57. The van der Waals surface area contributed by atoms with E-state index >= 15 is 0 Å². The molecule has 2 nitrogen and oxygen atoms in total. The lowest BCUT2D eigenvalue weighted by Gasteiger charge is -1.99. The molecular formula is C10H10NO. The van der Waals surface area contributed by atoms with Crippen LogP contribution in [0.3, 0.4) is 0 Å². The summed E-state index contributed by atoms with van der Waals surface area (Å²) in [4.78, 5) is 11.4. The Morgan fingerprint density at radius 2 is 2.00 bits per heavy atom. The van der Waals surface area contributed by atoms with E-state index in [9.17, 15) is 4.79 Å². The number of hydrogen-bond donors (Lipinski definition) is 0. The fourth-order valence-electron chi connectivity index (χ4n) is 0.792. The highest BCUT2D eigenvalue weighted by Crippen LogP contribution is 2.00. The second kappa shape index (κ2) is 4.34. The minimum Gasteiger partial charge on any atom is -0.314 e. The zero-order valence-corrected chi connectivity index (χ0v) is 6.90. The molecule has 0 aliphatic heterocycles. The maximum atomic E-state index is 10.1. The van der Waals surface area contributed by atoms with Crippen molar-refractivity contribution in [3.8, 4) is 0 Å².